The zero-order valence-electron chi connectivity index (χ0n) is 32.6. The highest BCUT2D eigenvalue weighted by atomic mass is 16.6. The lowest BCUT2D eigenvalue weighted by Gasteiger charge is -2.34. The summed E-state index contributed by atoms with van der Waals surface area (Å²) >= 11 is 0. The van der Waals surface area contributed by atoms with Crippen molar-refractivity contribution in [3.8, 4) is 22.6 Å². The topological polar surface area (TPSA) is 124 Å². The quantitative estimate of drug-likeness (QED) is 0.0492. The Morgan fingerprint density at radius 3 is 1.14 bits per heavy atom. The van der Waals surface area contributed by atoms with Crippen molar-refractivity contribution < 1.29 is 47.6 Å². The van der Waals surface area contributed by atoms with E-state index in [1.807, 2.05) is 72.8 Å². The smallest absolute Gasteiger partial charge is 0.333 e. The monoisotopic (exact) mass is 770 g/mol. The van der Waals surface area contributed by atoms with Gasteiger partial charge in [0, 0.05) is 22.3 Å². The molecule has 10 nitrogen and oxygen atoms in total. The van der Waals surface area contributed by atoms with Crippen molar-refractivity contribution in [1.29, 1.82) is 0 Å². The Bertz CT molecular complexity index is 2040. The average molecular weight is 771 g/mol. The Morgan fingerprint density at radius 1 is 0.474 bits per heavy atom. The van der Waals surface area contributed by atoms with Gasteiger partial charge in [-0.05, 0) is 85.3 Å². The summed E-state index contributed by atoms with van der Waals surface area (Å²) in [6.07, 6.45) is -1.78. The predicted molar refractivity (Wildman–Crippen MR) is 216 cm³/mol. The molecule has 0 N–H and O–H groups in total. The number of carbonyl (C=O) groups is 4. The zero-order chi connectivity index (χ0) is 41.3. The number of hydrogen-bond acceptors (Lipinski definition) is 10. The van der Waals surface area contributed by atoms with Crippen molar-refractivity contribution >= 4 is 23.9 Å². The molecule has 2 atom stereocenters. The highest BCUT2D eigenvalue weighted by Gasteiger charge is 2.46. The maximum Gasteiger partial charge on any atom is 0.333 e. The number of benzene rings is 4. The average Bonchev–Trinajstić information content (AvgIpc) is 3.50. The van der Waals surface area contributed by atoms with Gasteiger partial charge in [-0.3, -0.25) is 0 Å². The van der Waals surface area contributed by atoms with Crippen LogP contribution in [0.3, 0.4) is 0 Å². The van der Waals surface area contributed by atoms with E-state index in [9.17, 15) is 19.2 Å². The molecule has 294 valence electrons. The van der Waals surface area contributed by atoms with E-state index in [2.05, 4.69) is 50.6 Å². The summed E-state index contributed by atoms with van der Waals surface area (Å²) in [5.74, 6) is -1.44. The van der Waals surface area contributed by atoms with Crippen molar-refractivity contribution in [1.82, 2.24) is 0 Å². The van der Waals surface area contributed by atoms with Crippen LogP contribution in [-0.2, 0) is 43.5 Å². The summed E-state index contributed by atoms with van der Waals surface area (Å²) in [6, 6.07) is 32.0. The fraction of sp³-hybridized carbons (Fsp3) is 0.234. The Labute approximate surface area is 333 Å². The minimum absolute atomic E-state index is 0.0797. The summed E-state index contributed by atoms with van der Waals surface area (Å²) in [7, 11) is 0. The van der Waals surface area contributed by atoms with Crippen LogP contribution in [0.25, 0.3) is 11.1 Å². The number of esters is 4. The van der Waals surface area contributed by atoms with E-state index in [-0.39, 0.29) is 48.7 Å². The molecule has 0 amide bonds. The molecule has 0 fully saturated rings. The maximum absolute atomic E-state index is 12.3. The van der Waals surface area contributed by atoms with E-state index in [4.69, 9.17) is 28.4 Å². The Kier molecular flexibility index (Phi) is 13.3. The maximum atomic E-state index is 12.3. The first-order valence-corrected chi connectivity index (χ1v) is 18.3. The molecule has 0 aliphatic heterocycles. The normalized spacial score (nSPS) is 13.1. The Morgan fingerprint density at radius 2 is 0.807 bits per heavy atom. The molecule has 4 aromatic carbocycles. The summed E-state index contributed by atoms with van der Waals surface area (Å²) in [5.41, 5.74) is 6.42. The largest absolute Gasteiger partial charge is 0.490 e. The van der Waals surface area contributed by atoms with Crippen LogP contribution < -0.4 is 9.47 Å². The molecule has 1 aliphatic rings. The Balaban J connectivity index is 1.44. The lowest BCUT2D eigenvalue weighted by molar-refractivity contribution is -0.155. The number of fused-ring (bicyclic) bond motifs is 3. The molecule has 57 heavy (non-hydrogen) atoms. The number of ether oxygens (including phenoxy) is 6. The molecule has 0 spiro atoms. The van der Waals surface area contributed by atoms with Crippen molar-refractivity contribution in [2.24, 2.45) is 0 Å². The number of rotatable bonds is 18. The third-order valence-corrected chi connectivity index (χ3v) is 9.14. The summed E-state index contributed by atoms with van der Waals surface area (Å²) < 4.78 is 33.6. The van der Waals surface area contributed by atoms with Gasteiger partial charge < -0.3 is 28.4 Å². The molecule has 0 saturated carbocycles. The molecular formula is C47H46O10. The van der Waals surface area contributed by atoms with Crippen molar-refractivity contribution in [2.45, 2.75) is 45.3 Å². The first-order valence-electron chi connectivity index (χ1n) is 18.3. The molecule has 0 saturated heterocycles. The predicted octanol–water partition coefficient (Wildman–Crippen LogP) is 8.02. The van der Waals surface area contributed by atoms with E-state index in [0.29, 0.717) is 11.5 Å². The van der Waals surface area contributed by atoms with Gasteiger partial charge in [0.25, 0.3) is 0 Å². The van der Waals surface area contributed by atoms with Gasteiger partial charge >= 0.3 is 23.9 Å². The molecule has 1 aliphatic carbocycles. The fourth-order valence-electron chi connectivity index (χ4n) is 6.32. The molecule has 0 bridgehead atoms. The minimum atomic E-state index is -0.891. The van der Waals surface area contributed by atoms with E-state index in [1.165, 1.54) is 27.7 Å². The van der Waals surface area contributed by atoms with Gasteiger partial charge in [0.15, 0.2) is 12.2 Å². The second-order valence-corrected chi connectivity index (χ2v) is 13.9. The molecule has 0 radical (unpaired) electrons. The summed E-state index contributed by atoms with van der Waals surface area (Å²) in [6.45, 7) is 20.0. The van der Waals surface area contributed by atoms with Crippen molar-refractivity contribution in [2.75, 3.05) is 26.4 Å². The van der Waals surface area contributed by atoms with Crippen LogP contribution in [0.2, 0.25) is 0 Å². The molecule has 1 unspecified atom stereocenters. The van der Waals surface area contributed by atoms with Gasteiger partial charge in [-0.25, -0.2) is 19.2 Å². The molecule has 0 heterocycles. The molecular weight excluding hydrogens is 725 g/mol. The fourth-order valence-corrected chi connectivity index (χ4v) is 6.32. The minimum Gasteiger partial charge on any atom is -0.490 e. The lowest BCUT2D eigenvalue weighted by Crippen LogP contribution is -2.31. The highest BCUT2D eigenvalue weighted by Crippen LogP contribution is 2.56. The van der Waals surface area contributed by atoms with Crippen LogP contribution in [-0.4, -0.2) is 62.5 Å². The van der Waals surface area contributed by atoms with Crippen molar-refractivity contribution in [3.05, 3.63) is 168 Å². The van der Waals surface area contributed by atoms with Crippen LogP contribution in [0.4, 0.5) is 0 Å². The van der Waals surface area contributed by atoms with Gasteiger partial charge in [-0.1, -0.05) is 99.1 Å². The first kappa shape index (κ1) is 41.5. The summed E-state index contributed by atoms with van der Waals surface area (Å²) in [4.78, 5) is 48.8. The molecule has 0 aromatic heterocycles. The number of hydrogen-bond donors (Lipinski definition) is 0. The van der Waals surface area contributed by atoms with Gasteiger partial charge in [-0.2, -0.15) is 0 Å². The van der Waals surface area contributed by atoms with Gasteiger partial charge in [0.2, 0.25) is 0 Å². The first-order chi connectivity index (χ1) is 27.2. The molecule has 10 heteroatoms. The van der Waals surface area contributed by atoms with Crippen LogP contribution in [0.5, 0.6) is 11.5 Å². The molecule has 4 aromatic rings. The van der Waals surface area contributed by atoms with Gasteiger partial charge in [-0.15, -0.1) is 0 Å². The van der Waals surface area contributed by atoms with Crippen LogP contribution >= 0.6 is 0 Å². The van der Waals surface area contributed by atoms with E-state index in [0.717, 1.165) is 33.4 Å². The SMILES string of the molecule is C=C(C)C(=O)OCC(COc1ccc(C2(c3ccc(OC[C@H](COC(=O)C(=C)C)OC(=O)C(=C)C)cc3)c3ccccc3-c3ccccc32)cc1)OC(=O)C(=C)C. The van der Waals surface area contributed by atoms with E-state index in [1.54, 1.807) is 0 Å². The van der Waals surface area contributed by atoms with Crippen LogP contribution in [0.1, 0.15) is 49.9 Å². The highest BCUT2D eigenvalue weighted by molar-refractivity contribution is 5.89. The third kappa shape index (κ3) is 9.59. The van der Waals surface area contributed by atoms with Crippen LogP contribution in [0.15, 0.2) is 146 Å². The summed E-state index contributed by atoms with van der Waals surface area (Å²) in [5, 5.41) is 0. The standard InChI is InChI=1S/C47H46O10/c1-29(2)43(48)54-27-37(56-45(50)31(5)6)25-52-35-21-17-33(18-22-35)47(41-15-11-9-13-39(41)40-14-10-12-16-42(40)47)34-19-23-36(24-20-34)53-26-38(57-46(51)32(7)8)28-55-44(49)30(3)4/h9-24,37-38H,1,3,5,7,25-28H2,2,4,6,8H3/t37-,38?/m1/s1. The third-order valence-electron chi connectivity index (χ3n) is 9.14. The van der Waals surface area contributed by atoms with Gasteiger partial charge in [0.05, 0.1) is 5.41 Å². The van der Waals surface area contributed by atoms with Gasteiger partial charge in [0.1, 0.15) is 37.9 Å². The van der Waals surface area contributed by atoms with Crippen LogP contribution in [0, 0.1) is 0 Å². The second kappa shape index (κ2) is 18.3. The zero-order valence-corrected chi connectivity index (χ0v) is 32.6. The van der Waals surface area contributed by atoms with Crippen molar-refractivity contribution in [3.63, 3.8) is 0 Å². The molecule has 5 rings (SSSR count). The Hall–Kier alpha value is -6.68. The second-order valence-electron chi connectivity index (χ2n) is 13.9. The lowest BCUT2D eigenvalue weighted by atomic mass is 9.68. The van der Waals surface area contributed by atoms with E-state index < -0.39 is 41.5 Å². The number of carbonyl (C=O) groups excluding carboxylic acids is 4. The van der Waals surface area contributed by atoms with E-state index >= 15 is 0 Å².